The van der Waals surface area contributed by atoms with E-state index in [1.807, 2.05) is 67.1 Å². The molecule has 0 aliphatic carbocycles. The van der Waals surface area contributed by atoms with Gasteiger partial charge in [-0.2, -0.15) is 13.7 Å². The SMILES string of the molecule is Cn1c2cccnc2c2oc3[n+](c21)Cc1ccccc1-3.c1ccc(-n2c3cccnc3c3oc4[n+](c32)Cc2ccccc2-4)cc1.c1ccc2c(c1)C[n+]1c-2oc2c3ncccc3oc21.c1ccc2c(c1)C[n+]1c-2oc2c3ncccc3sc21. The number of nitrogens with zero attached hydrogens (tertiary/aromatic N) is 10. The second kappa shape index (κ2) is 17.6. The highest BCUT2D eigenvalue weighted by Gasteiger charge is 2.40. The lowest BCUT2D eigenvalue weighted by atomic mass is 10.1. The van der Waals surface area contributed by atoms with Gasteiger partial charge < -0.3 is 22.1 Å². The number of hydrogen-bond acceptors (Lipinski definition) is 10. The van der Waals surface area contributed by atoms with Crippen LogP contribution in [0.2, 0.25) is 0 Å². The third-order valence-electron chi connectivity index (χ3n) is 16.4. The maximum absolute atomic E-state index is 6.33. The van der Waals surface area contributed by atoms with E-state index < -0.39 is 0 Å². The van der Waals surface area contributed by atoms with E-state index in [-0.39, 0.29) is 0 Å². The molecule has 16 heterocycles. The molecule has 16 heteroatoms. The fourth-order valence-corrected chi connectivity index (χ4v) is 13.8. The molecule has 5 aromatic carbocycles. The number of pyridine rings is 4. The minimum absolute atomic E-state index is 0.736. The van der Waals surface area contributed by atoms with Crippen molar-refractivity contribution in [2.75, 3.05) is 0 Å². The molecule has 4 aliphatic rings. The number of aryl methyl sites for hydroxylation is 1. The summed E-state index contributed by atoms with van der Waals surface area (Å²) in [5.74, 6) is 3.67. The van der Waals surface area contributed by atoms with Gasteiger partial charge in [0.15, 0.2) is 46.3 Å². The predicted octanol–water partition coefficient (Wildman–Crippen LogP) is 13.0. The van der Waals surface area contributed by atoms with Crippen molar-refractivity contribution in [3.63, 3.8) is 0 Å². The number of thiophene rings is 1. The first kappa shape index (κ1) is 46.0. The number of furan rings is 1. The van der Waals surface area contributed by atoms with Crippen LogP contribution >= 0.6 is 11.3 Å². The molecule has 12 aromatic heterocycles. The molecule has 15 nitrogen and oxygen atoms in total. The summed E-state index contributed by atoms with van der Waals surface area (Å²) in [6.45, 7) is 3.37. The van der Waals surface area contributed by atoms with Crippen LogP contribution in [0.5, 0.6) is 0 Å². The van der Waals surface area contributed by atoms with E-state index in [9.17, 15) is 0 Å². The molecular formula is C67H44N10O5S+4. The number of oxazole rings is 4. The van der Waals surface area contributed by atoms with Crippen LogP contribution in [-0.4, -0.2) is 29.1 Å². The molecule has 4 aliphatic heterocycles. The Labute approximate surface area is 473 Å². The minimum atomic E-state index is 0.736. The van der Waals surface area contributed by atoms with Gasteiger partial charge in [0.25, 0.3) is 28.5 Å². The first-order chi connectivity index (χ1) is 41.1. The number of fused-ring (bicyclic) bond motifs is 28. The van der Waals surface area contributed by atoms with Crippen molar-refractivity contribution in [3.05, 3.63) is 223 Å². The number of rotatable bonds is 1. The summed E-state index contributed by atoms with van der Waals surface area (Å²) in [7, 11) is 2.07. The summed E-state index contributed by atoms with van der Waals surface area (Å²) < 4.78 is 44.9. The fraction of sp³-hybridized carbons (Fsp3) is 0.0746. The summed E-state index contributed by atoms with van der Waals surface area (Å²) in [6.07, 6.45) is 7.21. The summed E-state index contributed by atoms with van der Waals surface area (Å²) in [4.78, 5) is 19.0. The zero-order chi connectivity index (χ0) is 54.4. The van der Waals surface area contributed by atoms with E-state index in [1.165, 1.54) is 48.5 Å². The Bertz CT molecular complexity index is 5360. The number of hydrogen-bond donors (Lipinski definition) is 0. The standard InChI is InChI=1S/C21H14N3O.C16H12N3O.C15H9N2O2.C15H9N2OS/c1-2-8-15(9-3-1)24-17-11-6-12-22-18(17)19-20(24)23-13-14-7-4-5-10-16(14)21(23)25-19;1-18-12-7-4-8-17-13(12)14-15(18)19-9-10-5-2-3-6-11(10)16(19)20-14;1-2-5-10-9(4-1)8-17-14(10)19-13-12-11(18-15(13)17)6-3-7-16-12;1-2-5-10-9(4-1)8-17-14(10)18-13-12-11(19-15(13)17)6-3-7-16-12/h1-12H,13H2;2-8H,9H2,1H3;2*1-7H,8H2/q4*+1. The molecule has 83 heavy (non-hydrogen) atoms. The van der Waals surface area contributed by atoms with Crippen LogP contribution in [0.4, 0.5) is 0 Å². The van der Waals surface area contributed by atoms with Crippen LogP contribution < -0.4 is 18.3 Å². The largest absolute Gasteiger partial charge is 0.423 e. The molecule has 0 unspecified atom stereocenters. The van der Waals surface area contributed by atoms with Gasteiger partial charge in [-0.1, -0.05) is 102 Å². The topological polar surface area (TPSA) is 143 Å². The Balaban J connectivity index is 0.0000000851. The molecule has 0 saturated heterocycles. The Morgan fingerprint density at radius 1 is 0.386 bits per heavy atom. The van der Waals surface area contributed by atoms with Gasteiger partial charge in [-0.15, -0.1) is 9.13 Å². The average molecular weight is 1100 g/mol. The van der Waals surface area contributed by atoms with E-state index in [2.05, 4.69) is 182 Å². The lowest BCUT2D eigenvalue weighted by Gasteiger charge is -2.00. The van der Waals surface area contributed by atoms with Crippen LogP contribution in [0.3, 0.4) is 0 Å². The Hall–Kier alpha value is -10.8. The van der Waals surface area contributed by atoms with Crippen LogP contribution in [-0.2, 0) is 33.2 Å². The average Bonchev–Trinajstić information content (AvgIpc) is 1.96. The summed E-state index contributed by atoms with van der Waals surface area (Å²) in [6, 6.07) is 59.8. The van der Waals surface area contributed by atoms with Crippen LogP contribution in [0.1, 0.15) is 22.3 Å². The number of para-hydroxylation sites is 1. The Morgan fingerprint density at radius 2 is 0.843 bits per heavy atom. The van der Waals surface area contributed by atoms with Crippen molar-refractivity contribution in [2.45, 2.75) is 26.2 Å². The lowest BCUT2D eigenvalue weighted by Crippen LogP contribution is -2.32. The zero-order valence-electron chi connectivity index (χ0n) is 44.3. The van der Waals surface area contributed by atoms with Crippen molar-refractivity contribution in [1.29, 1.82) is 0 Å². The van der Waals surface area contributed by atoms with Crippen molar-refractivity contribution in [1.82, 2.24) is 29.1 Å². The zero-order valence-corrected chi connectivity index (χ0v) is 45.1. The second-order valence-electron chi connectivity index (χ2n) is 21.1. The minimum Gasteiger partial charge on any atom is -0.411 e. The highest BCUT2D eigenvalue weighted by Crippen LogP contribution is 2.41. The molecule has 0 N–H and O–H groups in total. The van der Waals surface area contributed by atoms with E-state index >= 15 is 0 Å². The maximum atomic E-state index is 6.33. The summed E-state index contributed by atoms with van der Waals surface area (Å²) >= 11 is 1.75. The first-order valence-corrected chi connectivity index (χ1v) is 28.3. The molecule has 0 bridgehead atoms. The van der Waals surface area contributed by atoms with Gasteiger partial charge in [0.2, 0.25) is 5.58 Å². The summed E-state index contributed by atoms with van der Waals surface area (Å²) in [5, 5.41) is 0. The molecule has 0 radical (unpaired) electrons. The molecule has 0 spiro atoms. The number of aromatic nitrogens is 10. The molecule has 17 aromatic rings. The third-order valence-corrected chi connectivity index (χ3v) is 17.6. The van der Waals surface area contributed by atoms with Gasteiger partial charge in [0.1, 0.15) is 24.3 Å². The smallest absolute Gasteiger partial charge is 0.411 e. The Morgan fingerprint density at radius 3 is 1.49 bits per heavy atom. The van der Waals surface area contributed by atoms with Crippen molar-refractivity contribution in [2.24, 2.45) is 7.05 Å². The van der Waals surface area contributed by atoms with E-state index in [0.717, 1.165) is 139 Å². The van der Waals surface area contributed by atoms with Gasteiger partial charge in [-0.3, -0.25) is 4.98 Å². The van der Waals surface area contributed by atoms with Crippen molar-refractivity contribution >= 4 is 98.9 Å². The van der Waals surface area contributed by atoms with Crippen LogP contribution in [0, 0.1) is 0 Å². The quantitative estimate of drug-likeness (QED) is 0.147. The number of benzene rings is 5. The molecule has 0 fully saturated rings. The molecule has 0 atom stereocenters. The fourth-order valence-electron chi connectivity index (χ4n) is 12.7. The van der Waals surface area contributed by atoms with Gasteiger partial charge >= 0.3 is 33.6 Å². The van der Waals surface area contributed by atoms with Crippen LogP contribution in [0.25, 0.3) is 139 Å². The Kier molecular flexibility index (Phi) is 9.74. The van der Waals surface area contributed by atoms with E-state index in [0.29, 0.717) is 0 Å². The van der Waals surface area contributed by atoms with Crippen LogP contribution in [0.15, 0.2) is 223 Å². The van der Waals surface area contributed by atoms with Gasteiger partial charge in [0, 0.05) is 47.0 Å². The normalized spacial score (nSPS) is 12.9. The first-order valence-electron chi connectivity index (χ1n) is 27.5. The van der Waals surface area contributed by atoms with E-state index in [1.54, 1.807) is 17.5 Å². The van der Waals surface area contributed by atoms with E-state index in [4.69, 9.17) is 22.1 Å². The highest BCUT2D eigenvalue weighted by atomic mass is 32.1. The third kappa shape index (κ3) is 6.71. The molecule has 0 saturated carbocycles. The molecular weight excluding hydrogens is 1060 g/mol. The van der Waals surface area contributed by atoms with Gasteiger partial charge in [-0.05, 0) is 84.9 Å². The predicted molar refractivity (Wildman–Crippen MR) is 313 cm³/mol. The molecule has 394 valence electrons. The second-order valence-corrected chi connectivity index (χ2v) is 22.1. The molecule has 0 amide bonds. The maximum Gasteiger partial charge on any atom is 0.423 e. The summed E-state index contributed by atoms with van der Waals surface area (Å²) in [5.41, 5.74) is 23.9. The van der Waals surface area contributed by atoms with Crippen molar-refractivity contribution < 1.29 is 40.4 Å². The monoisotopic (exact) mass is 1100 g/mol. The van der Waals surface area contributed by atoms with Crippen molar-refractivity contribution in [3.8, 4) is 51.5 Å². The van der Waals surface area contributed by atoms with Gasteiger partial charge in [-0.25, -0.2) is 19.5 Å². The highest BCUT2D eigenvalue weighted by molar-refractivity contribution is 7.24. The lowest BCUT2D eigenvalue weighted by molar-refractivity contribution is -0.655. The van der Waals surface area contributed by atoms with Gasteiger partial charge in [0.05, 0.1) is 34.0 Å². The molecule has 21 rings (SSSR count).